The molecule has 7 aliphatic rings. The lowest BCUT2D eigenvalue weighted by atomic mass is 9.58. The highest BCUT2D eigenvalue weighted by atomic mass is 16.2. The number of ketones is 1. The summed E-state index contributed by atoms with van der Waals surface area (Å²) in [7, 11) is 1.57. The van der Waals surface area contributed by atoms with E-state index < -0.39 is 10.8 Å². The fraction of sp³-hybridized carbons (Fsp3) is 0.792. The van der Waals surface area contributed by atoms with Gasteiger partial charge < -0.3 is 0 Å². The first kappa shape index (κ1) is 18.5. The van der Waals surface area contributed by atoms with Gasteiger partial charge in [-0.25, -0.2) is 0 Å². The predicted octanol–water partition coefficient (Wildman–Crippen LogP) is 1.25. The SMILES string of the molecule is CCN1C(=O)C2C3CC(C2C1=O)C1(CCC2(CC4CC2C2C(=O)N(C)C(=O)C42)C1=O)C3. The number of hydrogen-bond donors (Lipinski definition) is 0. The molecule has 2 aliphatic heterocycles. The molecular weight excluding hydrogens is 396 g/mol. The Balaban J connectivity index is 1.24. The van der Waals surface area contributed by atoms with Gasteiger partial charge in [-0.1, -0.05) is 0 Å². The Labute approximate surface area is 180 Å². The fourth-order valence-electron chi connectivity index (χ4n) is 10.1. The number of rotatable bonds is 1. The molecule has 10 atom stereocenters. The molecule has 2 spiro atoms. The molecule has 0 aromatic rings. The molecule has 164 valence electrons. The maximum absolute atomic E-state index is 14.3. The third-order valence-corrected chi connectivity index (χ3v) is 11.0. The van der Waals surface area contributed by atoms with Gasteiger partial charge in [0, 0.05) is 24.4 Å². The van der Waals surface area contributed by atoms with E-state index in [9.17, 15) is 24.0 Å². The first-order valence-corrected chi connectivity index (χ1v) is 12.0. The minimum absolute atomic E-state index is 0.0270. The summed E-state index contributed by atoms with van der Waals surface area (Å²) in [6.45, 7) is 2.25. The topological polar surface area (TPSA) is 91.8 Å². The van der Waals surface area contributed by atoms with E-state index in [4.69, 9.17) is 0 Å². The first-order valence-electron chi connectivity index (χ1n) is 12.0. The van der Waals surface area contributed by atoms with Crippen LogP contribution in [0.5, 0.6) is 0 Å². The van der Waals surface area contributed by atoms with Gasteiger partial charge in [-0.05, 0) is 69.1 Å². The van der Waals surface area contributed by atoms with Crippen LogP contribution in [-0.4, -0.2) is 52.8 Å². The molecule has 0 radical (unpaired) electrons. The van der Waals surface area contributed by atoms with Crippen molar-refractivity contribution in [3.05, 3.63) is 0 Å². The lowest BCUT2D eigenvalue weighted by Crippen LogP contribution is -2.48. The van der Waals surface area contributed by atoms with Gasteiger partial charge in [0.2, 0.25) is 23.6 Å². The molecule has 2 heterocycles. The van der Waals surface area contributed by atoms with Crippen molar-refractivity contribution in [3.8, 4) is 0 Å². The number of carbonyl (C=O) groups is 5. The van der Waals surface area contributed by atoms with Crippen LogP contribution >= 0.6 is 0 Å². The monoisotopic (exact) mass is 424 g/mol. The van der Waals surface area contributed by atoms with E-state index in [2.05, 4.69) is 0 Å². The number of imide groups is 2. The average Bonchev–Trinajstić information content (AvgIpc) is 3.58. The zero-order valence-electron chi connectivity index (χ0n) is 18.0. The largest absolute Gasteiger partial charge is 0.298 e. The molecule has 4 bridgehead atoms. The van der Waals surface area contributed by atoms with Gasteiger partial charge in [-0.2, -0.15) is 0 Å². The summed E-state index contributed by atoms with van der Waals surface area (Å²) in [5.74, 6) is -0.862. The molecule has 0 aromatic heterocycles. The Kier molecular flexibility index (Phi) is 3.16. The van der Waals surface area contributed by atoms with Gasteiger partial charge in [0.05, 0.1) is 23.7 Å². The van der Waals surface area contributed by atoms with E-state index in [-0.39, 0.29) is 76.8 Å². The molecule has 0 N–H and O–H groups in total. The third-order valence-electron chi connectivity index (χ3n) is 11.0. The molecule has 7 fully saturated rings. The summed E-state index contributed by atoms with van der Waals surface area (Å²) in [5.41, 5.74) is -0.994. The predicted molar refractivity (Wildman–Crippen MR) is 106 cm³/mol. The van der Waals surface area contributed by atoms with Crippen LogP contribution in [0, 0.1) is 58.2 Å². The van der Waals surface area contributed by atoms with Crippen LogP contribution in [0.4, 0.5) is 0 Å². The number of carbonyl (C=O) groups excluding carboxylic acids is 5. The van der Waals surface area contributed by atoms with E-state index in [1.165, 1.54) is 9.80 Å². The van der Waals surface area contributed by atoms with Crippen LogP contribution in [0.1, 0.15) is 45.4 Å². The number of amides is 4. The third kappa shape index (κ3) is 1.71. The smallest absolute Gasteiger partial charge is 0.233 e. The summed E-state index contributed by atoms with van der Waals surface area (Å²) >= 11 is 0. The molecule has 5 aliphatic carbocycles. The van der Waals surface area contributed by atoms with Gasteiger partial charge in [-0.15, -0.1) is 0 Å². The minimum atomic E-state index is -0.497. The Bertz CT molecular complexity index is 1010. The number of likely N-dealkylation sites (tertiary alicyclic amines) is 2. The van der Waals surface area contributed by atoms with Crippen molar-refractivity contribution in [2.75, 3.05) is 13.6 Å². The molecule has 4 amide bonds. The van der Waals surface area contributed by atoms with E-state index in [1.54, 1.807) is 7.05 Å². The summed E-state index contributed by atoms with van der Waals surface area (Å²) in [6.07, 6.45) is 4.64. The molecule has 5 saturated carbocycles. The van der Waals surface area contributed by atoms with Crippen molar-refractivity contribution in [2.24, 2.45) is 58.2 Å². The number of Topliss-reactive ketones (excluding diaryl/α,β-unsaturated/α-hetero) is 1. The quantitative estimate of drug-likeness (QED) is 0.591. The van der Waals surface area contributed by atoms with Crippen molar-refractivity contribution in [1.82, 2.24) is 9.80 Å². The van der Waals surface area contributed by atoms with Crippen LogP contribution in [-0.2, 0) is 24.0 Å². The fourth-order valence-corrected chi connectivity index (χ4v) is 10.1. The normalized spacial score (nSPS) is 53.9. The Morgan fingerprint density at radius 3 is 1.74 bits per heavy atom. The van der Waals surface area contributed by atoms with Crippen LogP contribution in [0.2, 0.25) is 0 Å². The van der Waals surface area contributed by atoms with E-state index in [0.717, 1.165) is 38.5 Å². The molecule has 7 nitrogen and oxygen atoms in total. The highest BCUT2D eigenvalue weighted by molar-refractivity contribution is 6.08. The Hall–Kier alpha value is -2.05. The van der Waals surface area contributed by atoms with Crippen molar-refractivity contribution in [2.45, 2.75) is 45.4 Å². The lowest BCUT2D eigenvalue weighted by molar-refractivity contribution is -0.145. The first-order chi connectivity index (χ1) is 14.8. The van der Waals surface area contributed by atoms with Gasteiger partial charge in [0.15, 0.2) is 0 Å². The zero-order valence-corrected chi connectivity index (χ0v) is 18.0. The second-order valence-corrected chi connectivity index (χ2v) is 11.5. The highest BCUT2D eigenvalue weighted by Gasteiger charge is 2.78. The minimum Gasteiger partial charge on any atom is -0.298 e. The summed E-state index contributed by atoms with van der Waals surface area (Å²) < 4.78 is 0. The van der Waals surface area contributed by atoms with Crippen LogP contribution in [0.15, 0.2) is 0 Å². The Morgan fingerprint density at radius 1 is 0.742 bits per heavy atom. The van der Waals surface area contributed by atoms with Gasteiger partial charge >= 0.3 is 0 Å². The number of hydrogen-bond acceptors (Lipinski definition) is 5. The van der Waals surface area contributed by atoms with Crippen LogP contribution in [0.25, 0.3) is 0 Å². The molecule has 10 unspecified atom stereocenters. The van der Waals surface area contributed by atoms with Crippen LogP contribution in [0.3, 0.4) is 0 Å². The van der Waals surface area contributed by atoms with Crippen molar-refractivity contribution >= 4 is 29.4 Å². The molecule has 7 rings (SSSR count). The Morgan fingerprint density at radius 2 is 1.19 bits per heavy atom. The second-order valence-electron chi connectivity index (χ2n) is 11.5. The summed E-state index contributed by atoms with van der Waals surface area (Å²) in [5, 5.41) is 0. The lowest BCUT2D eigenvalue weighted by Gasteiger charge is -2.42. The van der Waals surface area contributed by atoms with Crippen molar-refractivity contribution in [1.29, 1.82) is 0 Å². The van der Waals surface area contributed by atoms with Crippen molar-refractivity contribution < 1.29 is 24.0 Å². The van der Waals surface area contributed by atoms with E-state index in [1.807, 2.05) is 6.92 Å². The van der Waals surface area contributed by atoms with Crippen LogP contribution < -0.4 is 0 Å². The molecular formula is C24H28N2O5. The molecule has 7 heteroatoms. The highest BCUT2D eigenvalue weighted by Crippen LogP contribution is 2.75. The summed E-state index contributed by atoms with van der Waals surface area (Å²) in [4.78, 5) is 68.4. The second kappa shape index (κ2) is 5.29. The summed E-state index contributed by atoms with van der Waals surface area (Å²) in [6, 6.07) is 0. The average molecular weight is 424 g/mol. The molecule has 2 saturated heterocycles. The van der Waals surface area contributed by atoms with Gasteiger partial charge in [-0.3, -0.25) is 33.8 Å². The van der Waals surface area contributed by atoms with Gasteiger partial charge in [0.1, 0.15) is 5.78 Å². The van der Waals surface area contributed by atoms with E-state index in [0.29, 0.717) is 6.54 Å². The number of fused-ring (bicyclic) bond motifs is 12. The standard InChI is InChI=1S/C24H28N2O5/c1-3-26-20(29)15-11-7-13(17(15)21(26)30)24(9-11)5-4-23(22(24)31)8-10-6-12(23)16-14(10)18(27)25(2)19(16)28/h10-17H,3-9H2,1-2H3. The maximum atomic E-state index is 14.3. The van der Waals surface area contributed by atoms with Crippen molar-refractivity contribution in [3.63, 3.8) is 0 Å². The number of nitrogens with zero attached hydrogens (tertiary/aromatic N) is 2. The molecule has 0 aromatic carbocycles. The molecule has 31 heavy (non-hydrogen) atoms. The maximum Gasteiger partial charge on any atom is 0.233 e. The van der Waals surface area contributed by atoms with E-state index >= 15 is 0 Å². The zero-order chi connectivity index (χ0) is 21.6. The van der Waals surface area contributed by atoms with Gasteiger partial charge in [0.25, 0.3) is 0 Å².